The van der Waals surface area contributed by atoms with Gasteiger partial charge in [0, 0.05) is 42.8 Å². The number of likely N-dealkylation sites (tertiary alicyclic amines) is 1. The van der Waals surface area contributed by atoms with Gasteiger partial charge in [-0.25, -0.2) is 0 Å². The van der Waals surface area contributed by atoms with Crippen molar-refractivity contribution in [3.05, 3.63) is 53.9 Å². The summed E-state index contributed by atoms with van der Waals surface area (Å²) in [6, 6.07) is 13.6. The Morgan fingerprint density at radius 1 is 1.35 bits per heavy atom. The second kappa shape index (κ2) is 7.73. The maximum absolute atomic E-state index is 12.5. The van der Waals surface area contributed by atoms with E-state index in [4.69, 9.17) is 11.0 Å². The highest BCUT2D eigenvalue weighted by molar-refractivity contribution is 5.82. The molecule has 6 heteroatoms. The van der Waals surface area contributed by atoms with E-state index < -0.39 is 0 Å². The number of aromatic nitrogens is 1. The Kier molecular flexibility index (Phi) is 5.40. The molecule has 1 saturated heterocycles. The Morgan fingerprint density at radius 3 is 2.73 bits per heavy atom. The lowest BCUT2D eigenvalue weighted by atomic mass is 10.1. The molecule has 3 N–H and O–H groups in total. The normalized spacial score (nSPS) is 20.3. The third-order valence-electron chi connectivity index (χ3n) is 4.64. The summed E-state index contributed by atoms with van der Waals surface area (Å²) in [5, 5.41) is 12.0. The molecular weight excluding hydrogens is 326 g/mol. The van der Waals surface area contributed by atoms with Crippen LogP contribution in [0.2, 0.25) is 0 Å². The molecule has 0 bridgehead atoms. The minimum atomic E-state index is -0.197. The molecule has 2 heterocycles. The van der Waals surface area contributed by atoms with Crippen LogP contribution >= 0.6 is 0 Å². The lowest BCUT2D eigenvalue weighted by Crippen LogP contribution is -2.45. The fraction of sp³-hybridized carbons (Fsp3) is 0.400. The highest BCUT2D eigenvalue weighted by Crippen LogP contribution is 2.22. The number of hydrogen-bond donors (Lipinski definition) is 2. The Balaban J connectivity index is 1.79. The molecule has 2 aromatic rings. The van der Waals surface area contributed by atoms with Gasteiger partial charge < -0.3 is 15.6 Å². The van der Waals surface area contributed by atoms with Crippen LogP contribution in [0.15, 0.2) is 42.6 Å². The number of rotatable bonds is 5. The van der Waals surface area contributed by atoms with Crippen LogP contribution in [0.25, 0.3) is 5.69 Å². The maximum atomic E-state index is 12.5. The van der Waals surface area contributed by atoms with E-state index in [0.717, 1.165) is 11.4 Å². The zero-order valence-electron chi connectivity index (χ0n) is 15.2. The van der Waals surface area contributed by atoms with Gasteiger partial charge in [0.2, 0.25) is 5.91 Å². The van der Waals surface area contributed by atoms with Gasteiger partial charge in [-0.2, -0.15) is 5.26 Å². The molecule has 2 atom stereocenters. The van der Waals surface area contributed by atoms with Crippen molar-refractivity contribution in [2.45, 2.75) is 44.9 Å². The van der Waals surface area contributed by atoms with Gasteiger partial charge in [-0.1, -0.05) is 0 Å². The third kappa shape index (κ3) is 3.96. The van der Waals surface area contributed by atoms with E-state index in [9.17, 15) is 4.79 Å². The van der Waals surface area contributed by atoms with Crippen molar-refractivity contribution in [1.29, 1.82) is 5.26 Å². The summed E-state index contributed by atoms with van der Waals surface area (Å²) < 4.78 is 2.09. The number of carbonyl (C=O) groups is 1. The molecule has 1 aromatic carbocycles. The average molecular weight is 351 g/mol. The summed E-state index contributed by atoms with van der Waals surface area (Å²) in [6.45, 7) is 5.28. The molecule has 0 aliphatic carbocycles. The Hall–Kier alpha value is -2.62. The van der Waals surface area contributed by atoms with Crippen LogP contribution in [0.4, 0.5) is 0 Å². The molecule has 6 nitrogen and oxygen atoms in total. The lowest BCUT2D eigenvalue weighted by Gasteiger charge is -2.25. The third-order valence-corrected chi connectivity index (χ3v) is 4.64. The first-order chi connectivity index (χ1) is 12.5. The van der Waals surface area contributed by atoms with Crippen molar-refractivity contribution in [1.82, 2.24) is 14.8 Å². The van der Waals surface area contributed by atoms with Gasteiger partial charge in [0.15, 0.2) is 0 Å². The highest BCUT2D eigenvalue weighted by atomic mass is 16.2. The fourth-order valence-electron chi connectivity index (χ4n) is 3.47. The molecule has 1 aromatic heterocycles. The SMILES string of the molecule is CC(C)NC(=O)[C@@H]1C[C@H](N)CN1Cc1cccn1-c1ccc(C#N)cc1. The van der Waals surface area contributed by atoms with Crippen molar-refractivity contribution in [3.8, 4) is 11.8 Å². The number of hydrogen-bond acceptors (Lipinski definition) is 4. The molecule has 1 aliphatic heterocycles. The zero-order chi connectivity index (χ0) is 18.7. The van der Waals surface area contributed by atoms with Crippen LogP contribution in [0.3, 0.4) is 0 Å². The quantitative estimate of drug-likeness (QED) is 0.859. The van der Waals surface area contributed by atoms with Crippen LogP contribution in [-0.4, -0.2) is 40.0 Å². The molecule has 1 amide bonds. The molecule has 0 saturated carbocycles. The van der Waals surface area contributed by atoms with E-state index in [1.165, 1.54) is 0 Å². The topological polar surface area (TPSA) is 87.1 Å². The first-order valence-electron chi connectivity index (χ1n) is 8.94. The standard InChI is InChI=1S/C20H25N5O/c1-14(2)23-20(26)19-10-16(22)12-24(19)13-18-4-3-9-25(18)17-7-5-15(11-21)6-8-17/h3-9,14,16,19H,10,12-13,22H2,1-2H3,(H,23,26)/t16-,19-/m0/s1. The van der Waals surface area contributed by atoms with Crippen LogP contribution in [0.5, 0.6) is 0 Å². The monoisotopic (exact) mass is 351 g/mol. The summed E-state index contributed by atoms with van der Waals surface area (Å²) in [6.07, 6.45) is 2.67. The summed E-state index contributed by atoms with van der Waals surface area (Å²) in [7, 11) is 0. The maximum Gasteiger partial charge on any atom is 0.237 e. The van der Waals surface area contributed by atoms with E-state index >= 15 is 0 Å². The number of nitrogens with zero attached hydrogens (tertiary/aromatic N) is 3. The number of nitriles is 1. The van der Waals surface area contributed by atoms with Gasteiger partial charge in [0.05, 0.1) is 17.7 Å². The molecule has 0 spiro atoms. The minimum absolute atomic E-state index is 0.0104. The summed E-state index contributed by atoms with van der Waals surface area (Å²) >= 11 is 0. The molecule has 3 rings (SSSR count). The van der Waals surface area contributed by atoms with Crippen LogP contribution in [0.1, 0.15) is 31.5 Å². The van der Waals surface area contributed by atoms with Gasteiger partial charge in [-0.3, -0.25) is 9.69 Å². The van der Waals surface area contributed by atoms with Crippen LogP contribution in [0, 0.1) is 11.3 Å². The first kappa shape index (κ1) is 18.2. The van der Waals surface area contributed by atoms with E-state index in [1.54, 1.807) is 0 Å². The minimum Gasteiger partial charge on any atom is -0.353 e. The molecule has 0 unspecified atom stereocenters. The number of benzene rings is 1. The first-order valence-corrected chi connectivity index (χ1v) is 8.94. The van der Waals surface area contributed by atoms with E-state index in [1.807, 2.05) is 50.4 Å². The molecule has 136 valence electrons. The summed E-state index contributed by atoms with van der Waals surface area (Å²) in [5.74, 6) is 0.0458. The van der Waals surface area contributed by atoms with Gasteiger partial charge in [0.1, 0.15) is 0 Å². The van der Waals surface area contributed by atoms with Gasteiger partial charge in [0.25, 0.3) is 0 Å². The van der Waals surface area contributed by atoms with Crippen molar-refractivity contribution in [3.63, 3.8) is 0 Å². The van der Waals surface area contributed by atoms with E-state index in [-0.39, 0.29) is 24.0 Å². The number of nitrogens with one attached hydrogen (secondary N) is 1. The largest absolute Gasteiger partial charge is 0.353 e. The highest BCUT2D eigenvalue weighted by Gasteiger charge is 2.35. The Bertz CT molecular complexity index is 802. The Labute approximate surface area is 154 Å². The second-order valence-electron chi connectivity index (χ2n) is 7.13. The lowest BCUT2D eigenvalue weighted by molar-refractivity contribution is -0.126. The fourth-order valence-corrected chi connectivity index (χ4v) is 3.47. The van der Waals surface area contributed by atoms with Crippen molar-refractivity contribution in [2.24, 2.45) is 5.73 Å². The van der Waals surface area contributed by atoms with Crippen molar-refractivity contribution < 1.29 is 4.79 Å². The molecule has 0 radical (unpaired) electrons. The number of carbonyl (C=O) groups excluding carboxylic acids is 1. The zero-order valence-corrected chi connectivity index (χ0v) is 15.2. The predicted octanol–water partition coefficient (Wildman–Crippen LogP) is 1.78. The predicted molar refractivity (Wildman–Crippen MR) is 101 cm³/mol. The van der Waals surface area contributed by atoms with Crippen LogP contribution in [-0.2, 0) is 11.3 Å². The average Bonchev–Trinajstić information content (AvgIpc) is 3.21. The van der Waals surface area contributed by atoms with Crippen molar-refractivity contribution >= 4 is 5.91 Å². The molecule has 1 aliphatic rings. The molecule has 1 fully saturated rings. The summed E-state index contributed by atoms with van der Waals surface area (Å²) in [4.78, 5) is 14.7. The van der Waals surface area contributed by atoms with E-state index in [2.05, 4.69) is 26.9 Å². The van der Waals surface area contributed by atoms with E-state index in [0.29, 0.717) is 25.1 Å². The van der Waals surface area contributed by atoms with Crippen molar-refractivity contribution in [2.75, 3.05) is 6.54 Å². The van der Waals surface area contributed by atoms with Crippen LogP contribution < -0.4 is 11.1 Å². The Morgan fingerprint density at radius 2 is 2.08 bits per heavy atom. The van der Waals surface area contributed by atoms with Gasteiger partial charge in [-0.05, 0) is 56.7 Å². The number of amides is 1. The van der Waals surface area contributed by atoms with Gasteiger partial charge >= 0.3 is 0 Å². The number of nitrogens with two attached hydrogens (primary N) is 1. The molecule has 26 heavy (non-hydrogen) atoms. The molecular formula is C20H25N5O. The second-order valence-corrected chi connectivity index (χ2v) is 7.13. The summed E-state index contributed by atoms with van der Waals surface area (Å²) in [5.41, 5.74) is 8.86. The van der Waals surface area contributed by atoms with Gasteiger partial charge in [-0.15, -0.1) is 0 Å². The smallest absolute Gasteiger partial charge is 0.237 e.